The van der Waals surface area contributed by atoms with E-state index in [-0.39, 0.29) is 23.6 Å². The van der Waals surface area contributed by atoms with Gasteiger partial charge in [-0.05, 0) is 42.5 Å². The number of nitrogens with zero attached hydrogens (tertiary/aromatic N) is 2. The summed E-state index contributed by atoms with van der Waals surface area (Å²) in [5, 5.41) is 3.02. The lowest BCUT2D eigenvalue weighted by molar-refractivity contribution is -0.135. The van der Waals surface area contributed by atoms with Gasteiger partial charge in [-0.3, -0.25) is 14.4 Å². The number of rotatable bonds is 6. The number of nitrogens with one attached hydrogen (secondary N) is 1. The molecule has 2 aromatic carbocycles. The van der Waals surface area contributed by atoms with Crippen molar-refractivity contribution in [2.24, 2.45) is 5.92 Å². The fraction of sp³-hybridized carbons (Fsp3) is 0.400. The molecule has 2 aliphatic rings. The lowest BCUT2D eigenvalue weighted by Gasteiger charge is -2.32. The Kier molecular flexibility index (Phi) is 6.65. The van der Waals surface area contributed by atoms with Gasteiger partial charge in [0.2, 0.25) is 17.7 Å². The minimum atomic E-state index is -0.171. The molecule has 0 saturated carbocycles. The standard InChI is InChI=1S/C25H29N3O3/c29-23-9-5-15-28(23)22-12-10-20(11-13-22)17-26-25(31)21-8-4-14-27(18-21)24(30)16-19-6-2-1-3-7-19/h1-3,6-7,10-13,21H,4-5,8-9,14-18H2,(H,26,31). The highest BCUT2D eigenvalue weighted by atomic mass is 16.2. The van der Waals surface area contributed by atoms with E-state index >= 15 is 0 Å². The smallest absolute Gasteiger partial charge is 0.227 e. The van der Waals surface area contributed by atoms with Gasteiger partial charge in [0.25, 0.3) is 0 Å². The Morgan fingerprint density at radius 2 is 1.71 bits per heavy atom. The number of benzene rings is 2. The summed E-state index contributed by atoms with van der Waals surface area (Å²) < 4.78 is 0. The average molecular weight is 420 g/mol. The first-order valence-corrected chi connectivity index (χ1v) is 11.1. The summed E-state index contributed by atoms with van der Waals surface area (Å²) in [6.07, 6.45) is 3.54. The van der Waals surface area contributed by atoms with E-state index in [1.54, 1.807) is 0 Å². The molecule has 2 heterocycles. The van der Waals surface area contributed by atoms with Crippen LogP contribution >= 0.6 is 0 Å². The molecule has 3 amide bonds. The molecule has 1 N–H and O–H groups in total. The zero-order chi connectivity index (χ0) is 21.6. The van der Waals surface area contributed by atoms with E-state index in [4.69, 9.17) is 0 Å². The number of piperidine rings is 1. The van der Waals surface area contributed by atoms with E-state index in [9.17, 15) is 14.4 Å². The first-order valence-electron chi connectivity index (χ1n) is 11.1. The molecule has 0 aliphatic carbocycles. The predicted octanol–water partition coefficient (Wildman–Crippen LogP) is 2.91. The molecule has 0 spiro atoms. The van der Waals surface area contributed by atoms with Crippen LogP contribution in [0.3, 0.4) is 0 Å². The third kappa shape index (κ3) is 5.32. The zero-order valence-corrected chi connectivity index (χ0v) is 17.8. The fourth-order valence-electron chi connectivity index (χ4n) is 4.35. The van der Waals surface area contributed by atoms with Crippen LogP contribution in [-0.2, 0) is 27.3 Å². The van der Waals surface area contributed by atoms with E-state index < -0.39 is 0 Å². The molecular formula is C25H29N3O3. The molecule has 0 radical (unpaired) electrons. The van der Waals surface area contributed by atoms with Crippen LogP contribution in [0.4, 0.5) is 5.69 Å². The van der Waals surface area contributed by atoms with E-state index in [1.807, 2.05) is 64.4 Å². The Morgan fingerprint density at radius 3 is 2.42 bits per heavy atom. The van der Waals surface area contributed by atoms with Crippen LogP contribution in [0.2, 0.25) is 0 Å². The molecule has 2 fully saturated rings. The molecule has 31 heavy (non-hydrogen) atoms. The highest BCUT2D eigenvalue weighted by Gasteiger charge is 2.28. The Morgan fingerprint density at radius 1 is 0.935 bits per heavy atom. The molecule has 162 valence electrons. The molecule has 2 saturated heterocycles. The van der Waals surface area contributed by atoms with E-state index in [0.717, 1.165) is 42.6 Å². The lowest BCUT2D eigenvalue weighted by Crippen LogP contribution is -2.45. The Hall–Kier alpha value is -3.15. The van der Waals surface area contributed by atoms with Crippen molar-refractivity contribution in [1.29, 1.82) is 0 Å². The second-order valence-electron chi connectivity index (χ2n) is 8.37. The molecule has 2 aliphatic heterocycles. The second-order valence-corrected chi connectivity index (χ2v) is 8.37. The normalized spacial score (nSPS) is 18.8. The molecule has 4 rings (SSSR count). The lowest BCUT2D eigenvalue weighted by atomic mass is 9.96. The number of hydrogen-bond donors (Lipinski definition) is 1. The maximum absolute atomic E-state index is 12.7. The molecule has 0 aromatic heterocycles. The molecule has 1 unspecified atom stereocenters. The number of carbonyl (C=O) groups is 3. The van der Waals surface area contributed by atoms with Gasteiger partial charge in [0.1, 0.15) is 0 Å². The monoisotopic (exact) mass is 419 g/mol. The minimum absolute atomic E-state index is 0.00370. The molecule has 1 atom stereocenters. The van der Waals surface area contributed by atoms with Crippen molar-refractivity contribution < 1.29 is 14.4 Å². The van der Waals surface area contributed by atoms with Crippen LogP contribution in [0.15, 0.2) is 54.6 Å². The van der Waals surface area contributed by atoms with Crippen molar-refractivity contribution in [2.45, 2.75) is 38.6 Å². The summed E-state index contributed by atoms with van der Waals surface area (Å²) in [4.78, 5) is 40.9. The molecule has 2 aromatic rings. The third-order valence-corrected chi connectivity index (χ3v) is 6.13. The van der Waals surface area contributed by atoms with Crippen molar-refractivity contribution in [1.82, 2.24) is 10.2 Å². The first-order chi connectivity index (χ1) is 15.1. The van der Waals surface area contributed by atoms with E-state index in [2.05, 4.69) is 5.32 Å². The number of likely N-dealkylation sites (tertiary alicyclic amines) is 1. The van der Waals surface area contributed by atoms with Crippen LogP contribution in [0.5, 0.6) is 0 Å². The van der Waals surface area contributed by atoms with E-state index in [0.29, 0.717) is 32.5 Å². The highest BCUT2D eigenvalue weighted by Crippen LogP contribution is 2.22. The second kappa shape index (κ2) is 9.77. The van der Waals surface area contributed by atoms with Crippen LogP contribution in [-0.4, -0.2) is 42.3 Å². The van der Waals surface area contributed by atoms with Crippen LogP contribution in [0.1, 0.15) is 36.8 Å². The topological polar surface area (TPSA) is 69.7 Å². The van der Waals surface area contributed by atoms with E-state index in [1.165, 1.54) is 0 Å². The quantitative estimate of drug-likeness (QED) is 0.783. The number of anilines is 1. The van der Waals surface area contributed by atoms with Gasteiger partial charge in [-0.25, -0.2) is 0 Å². The van der Waals surface area contributed by atoms with Crippen molar-refractivity contribution >= 4 is 23.4 Å². The summed E-state index contributed by atoms with van der Waals surface area (Å²) in [5.74, 6) is 0.0754. The van der Waals surface area contributed by atoms with Gasteiger partial charge < -0.3 is 15.1 Å². The number of hydrogen-bond acceptors (Lipinski definition) is 3. The van der Waals surface area contributed by atoms with Crippen molar-refractivity contribution in [3.63, 3.8) is 0 Å². The van der Waals surface area contributed by atoms with Crippen molar-refractivity contribution in [3.8, 4) is 0 Å². The van der Waals surface area contributed by atoms with Crippen LogP contribution in [0, 0.1) is 5.92 Å². The Balaban J connectivity index is 1.27. The van der Waals surface area contributed by atoms with Gasteiger partial charge in [0.05, 0.1) is 12.3 Å². The van der Waals surface area contributed by atoms with Gasteiger partial charge in [0, 0.05) is 38.3 Å². The van der Waals surface area contributed by atoms with Crippen LogP contribution in [0.25, 0.3) is 0 Å². The van der Waals surface area contributed by atoms with Gasteiger partial charge in [-0.1, -0.05) is 42.5 Å². The van der Waals surface area contributed by atoms with Gasteiger partial charge in [0.15, 0.2) is 0 Å². The number of carbonyl (C=O) groups excluding carboxylic acids is 3. The highest BCUT2D eigenvalue weighted by molar-refractivity contribution is 5.95. The maximum atomic E-state index is 12.7. The van der Waals surface area contributed by atoms with Crippen molar-refractivity contribution in [2.75, 3.05) is 24.5 Å². The zero-order valence-electron chi connectivity index (χ0n) is 17.8. The number of amides is 3. The molecule has 6 heteroatoms. The minimum Gasteiger partial charge on any atom is -0.352 e. The van der Waals surface area contributed by atoms with Gasteiger partial charge in [-0.15, -0.1) is 0 Å². The Labute approximate surface area is 183 Å². The molecular weight excluding hydrogens is 390 g/mol. The molecule has 6 nitrogen and oxygen atoms in total. The van der Waals surface area contributed by atoms with Crippen molar-refractivity contribution in [3.05, 3.63) is 65.7 Å². The third-order valence-electron chi connectivity index (χ3n) is 6.13. The summed E-state index contributed by atoms with van der Waals surface area (Å²) in [7, 11) is 0. The van der Waals surface area contributed by atoms with Gasteiger partial charge in [-0.2, -0.15) is 0 Å². The summed E-state index contributed by atoms with van der Waals surface area (Å²) >= 11 is 0. The predicted molar refractivity (Wildman–Crippen MR) is 119 cm³/mol. The average Bonchev–Trinajstić information content (AvgIpc) is 3.24. The fourth-order valence-corrected chi connectivity index (χ4v) is 4.35. The summed E-state index contributed by atoms with van der Waals surface area (Å²) in [6.45, 7) is 2.41. The first kappa shape index (κ1) is 21.1. The largest absolute Gasteiger partial charge is 0.352 e. The maximum Gasteiger partial charge on any atom is 0.227 e. The Bertz CT molecular complexity index is 927. The van der Waals surface area contributed by atoms with Crippen LogP contribution < -0.4 is 10.2 Å². The summed E-state index contributed by atoms with van der Waals surface area (Å²) in [5.41, 5.74) is 2.91. The molecule has 0 bridgehead atoms. The summed E-state index contributed by atoms with van der Waals surface area (Å²) in [6, 6.07) is 17.5. The van der Waals surface area contributed by atoms with Gasteiger partial charge >= 0.3 is 0 Å². The SMILES string of the molecule is O=C(NCc1ccc(N2CCCC2=O)cc1)C1CCCN(C(=O)Cc2ccccc2)C1.